The maximum atomic E-state index is 12.0. The van der Waals surface area contributed by atoms with Gasteiger partial charge in [0, 0.05) is 0 Å². The van der Waals surface area contributed by atoms with Crippen LogP contribution >= 0.6 is 0 Å². The van der Waals surface area contributed by atoms with Gasteiger partial charge in [-0.15, -0.1) is 0 Å². The van der Waals surface area contributed by atoms with Crippen molar-refractivity contribution in [3.8, 4) is 0 Å². The van der Waals surface area contributed by atoms with Crippen molar-refractivity contribution in [2.45, 2.75) is 9.79 Å². The Hall–Kier alpha value is -2.99. The second-order valence-electron chi connectivity index (χ2n) is 3.31. The number of sulfone groups is 1. The third kappa shape index (κ3) is 6.13. The Morgan fingerprint density at radius 3 is 1.10 bits per heavy atom. The van der Waals surface area contributed by atoms with Crippen LogP contribution in [-0.4, -0.2) is 8.42 Å². The molecule has 2 rings (SSSR count). The molecule has 0 aliphatic heterocycles. The molecule has 108 valence electrons. The first-order chi connectivity index (χ1) is 10.0. The monoisotopic (exact) mass is 302 g/mol. The molecule has 0 spiro atoms. The van der Waals surface area contributed by atoms with Gasteiger partial charge in [0.2, 0.25) is 9.84 Å². The molecular formula is C12H10N6O2S-2. The van der Waals surface area contributed by atoms with Gasteiger partial charge >= 0.3 is 0 Å². The zero-order chi connectivity index (χ0) is 16.1. The molecule has 0 N–H and O–H groups in total. The van der Waals surface area contributed by atoms with Gasteiger partial charge in [0.25, 0.3) is 0 Å². The molecule has 0 aromatic heterocycles. The number of nitrogens with zero attached hydrogens (tertiary/aromatic N) is 6. The van der Waals surface area contributed by atoms with Crippen molar-refractivity contribution in [2.24, 2.45) is 0 Å². The zero-order valence-electron chi connectivity index (χ0n) is 10.7. The minimum Gasteiger partial charge on any atom is -0.373 e. The highest BCUT2D eigenvalue weighted by Gasteiger charge is 2.15. The number of benzene rings is 2. The predicted molar refractivity (Wildman–Crippen MR) is 78.5 cm³/mol. The average Bonchev–Trinajstić information content (AvgIpc) is 2.51. The van der Waals surface area contributed by atoms with Crippen LogP contribution < -0.4 is 0 Å². The Balaban J connectivity index is 0.000000578. The maximum absolute atomic E-state index is 12.0. The fraction of sp³-hybridized carbons (Fsp3) is 0. The van der Waals surface area contributed by atoms with Crippen LogP contribution in [0.25, 0.3) is 31.9 Å². The van der Waals surface area contributed by atoms with Crippen molar-refractivity contribution in [3.05, 3.63) is 92.6 Å². The van der Waals surface area contributed by atoms with Gasteiger partial charge in [-0.2, -0.15) is 0 Å². The second-order valence-corrected chi connectivity index (χ2v) is 5.26. The molecule has 9 heteroatoms. The molecule has 0 atom stereocenters. The summed E-state index contributed by atoms with van der Waals surface area (Å²) in [6, 6.07) is 16.9. The zero-order valence-corrected chi connectivity index (χ0v) is 11.5. The quantitative estimate of drug-likeness (QED) is 0.462. The van der Waals surface area contributed by atoms with Crippen LogP contribution in [0.5, 0.6) is 0 Å². The van der Waals surface area contributed by atoms with E-state index in [1.807, 2.05) is 0 Å². The van der Waals surface area contributed by atoms with Crippen LogP contribution in [0.1, 0.15) is 0 Å². The molecule has 0 saturated heterocycles. The van der Waals surface area contributed by atoms with E-state index < -0.39 is 9.84 Å². The van der Waals surface area contributed by atoms with Crippen LogP contribution in [-0.2, 0) is 9.84 Å². The van der Waals surface area contributed by atoms with Gasteiger partial charge in [-0.1, -0.05) is 36.4 Å². The standard InChI is InChI=1S/C12H10O2S.2N3/c13-15(14,11-7-3-1-4-8-11)12-9-5-2-6-10-12;2*1-3-2/h1-10H;;/q;2*-1. The van der Waals surface area contributed by atoms with Crippen LogP contribution in [0.15, 0.2) is 70.5 Å². The fourth-order valence-corrected chi connectivity index (χ4v) is 2.64. The van der Waals surface area contributed by atoms with Crippen molar-refractivity contribution >= 4 is 9.84 Å². The Bertz CT molecular complexity index is 646. The number of hydrogen-bond donors (Lipinski definition) is 0. The lowest BCUT2D eigenvalue weighted by Crippen LogP contribution is -2.00. The largest absolute Gasteiger partial charge is 0.373 e. The van der Waals surface area contributed by atoms with Gasteiger partial charge < -0.3 is 22.1 Å². The molecule has 0 aliphatic carbocycles. The first-order valence-corrected chi connectivity index (χ1v) is 6.85. The molecule has 0 heterocycles. The van der Waals surface area contributed by atoms with E-state index in [4.69, 9.17) is 22.1 Å². The first-order valence-electron chi connectivity index (χ1n) is 5.36. The van der Waals surface area contributed by atoms with E-state index in [1.54, 1.807) is 60.7 Å². The molecule has 8 nitrogen and oxygen atoms in total. The molecule has 0 saturated carbocycles. The van der Waals surface area contributed by atoms with Gasteiger partial charge in [-0.25, -0.2) is 8.42 Å². The van der Waals surface area contributed by atoms with Gasteiger partial charge in [0.15, 0.2) is 0 Å². The fourth-order valence-electron chi connectivity index (χ4n) is 1.34. The highest BCUT2D eigenvalue weighted by atomic mass is 32.2. The minimum absolute atomic E-state index is 0.330. The molecule has 0 amide bonds. The van der Waals surface area contributed by atoms with E-state index in [0.717, 1.165) is 0 Å². The summed E-state index contributed by atoms with van der Waals surface area (Å²) in [6.45, 7) is 0. The third-order valence-corrected chi connectivity index (χ3v) is 3.89. The summed E-state index contributed by atoms with van der Waals surface area (Å²) in [5, 5.41) is 0. The highest BCUT2D eigenvalue weighted by Crippen LogP contribution is 2.19. The minimum atomic E-state index is -3.34. The first kappa shape index (κ1) is 18.0. The number of rotatable bonds is 2. The maximum Gasteiger partial charge on any atom is 0.206 e. The van der Waals surface area contributed by atoms with Gasteiger partial charge in [-0.05, 0) is 24.3 Å². The normalized spacial score (nSPS) is 8.76. The summed E-state index contributed by atoms with van der Waals surface area (Å²) in [7, 11) is -3.34. The Morgan fingerprint density at radius 1 is 0.619 bits per heavy atom. The molecule has 0 aliphatic rings. The summed E-state index contributed by atoms with van der Waals surface area (Å²) in [4.78, 5) is 3.66. The summed E-state index contributed by atoms with van der Waals surface area (Å²) in [5.74, 6) is 0. The predicted octanol–water partition coefficient (Wildman–Crippen LogP) is 4.25. The molecule has 2 aromatic carbocycles. The van der Waals surface area contributed by atoms with Gasteiger partial charge in [0.1, 0.15) is 0 Å². The van der Waals surface area contributed by atoms with E-state index in [1.165, 1.54) is 9.82 Å². The molecule has 21 heavy (non-hydrogen) atoms. The van der Waals surface area contributed by atoms with E-state index in [0.29, 0.717) is 9.79 Å². The molecule has 2 aromatic rings. The molecule has 0 bridgehead atoms. The average molecular weight is 302 g/mol. The summed E-state index contributed by atoms with van der Waals surface area (Å²) >= 11 is 0. The van der Waals surface area contributed by atoms with Crippen LogP contribution in [0.2, 0.25) is 0 Å². The van der Waals surface area contributed by atoms with Crippen molar-refractivity contribution < 1.29 is 8.42 Å². The van der Waals surface area contributed by atoms with Crippen molar-refractivity contribution in [1.82, 2.24) is 0 Å². The van der Waals surface area contributed by atoms with E-state index in [9.17, 15) is 8.42 Å². The summed E-state index contributed by atoms with van der Waals surface area (Å²) in [6.07, 6.45) is 0. The molecule has 0 radical (unpaired) electrons. The van der Waals surface area contributed by atoms with Crippen molar-refractivity contribution in [1.29, 1.82) is 0 Å². The lowest BCUT2D eigenvalue weighted by Gasteiger charge is -2.03. The lowest BCUT2D eigenvalue weighted by atomic mass is 10.4. The topological polar surface area (TPSA) is 152 Å². The smallest absolute Gasteiger partial charge is 0.206 e. The number of hydrogen-bond acceptors (Lipinski definition) is 2. The van der Waals surface area contributed by atoms with Gasteiger partial charge in [-0.3, -0.25) is 9.82 Å². The summed E-state index contributed by atoms with van der Waals surface area (Å²) in [5.41, 5.74) is 27.0. The lowest BCUT2D eigenvalue weighted by molar-refractivity contribution is 0.596. The molecule has 0 fully saturated rings. The van der Waals surface area contributed by atoms with E-state index >= 15 is 0 Å². The summed E-state index contributed by atoms with van der Waals surface area (Å²) < 4.78 is 24.1. The molecule has 0 unspecified atom stereocenters. The van der Waals surface area contributed by atoms with E-state index in [2.05, 4.69) is 0 Å². The van der Waals surface area contributed by atoms with Crippen molar-refractivity contribution in [3.63, 3.8) is 0 Å². The van der Waals surface area contributed by atoms with E-state index in [-0.39, 0.29) is 0 Å². The Morgan fingerprint density at radius 2 is 0.857 bits per heavy atom. The van der Waals surface area contributed by atoms with Gasteiger partial charge in [0.05, 0.1) is 9.79 Å². The van der Waals surface area contributed by atoms with Crippen LogP contribution in [0, 0.1) is 0 Å². The SMILES string of the molecule is O=S(=O)(c1ccccc1)c1ccccc1.[N-]=[N+]=[N-].[N-]=[N+]=[N-]. The van der Waals surface area contributed by atoms with Crippen LogP contribution in [0.4, 0.5) is 0 Å². The molecular weight excluding hydrogens is 292 g/mol. The van der Waals surface area contributed by atoms with Crippen LogP contribution in [0.3, 0.4) is 0 Å². The highest BCUT2D eigenvalue weighted by molar-refractivity contribution is 7.91. The Kier molecular flexibility index (Phi) is 8.47. The third-order valence-electron chi connectivity index (χ3n) is 2.11. The second kappa shape index (κ2) is 9.88. The van der Waals surface area contributed by atoms with Crippen molar-refractivity contribution in [2.75, 3.05) is 0 Å². The Labute approximate surface area is 121 Å².